The molecule has 0 aliphatic rings. The largest absolute Gasteiger partial charge is 0.282 e. The monoisotopic (exact) mass is 179 g/mol. The average molecular weight is 180 g/mol. The zero-order chi connectivity index (χ0) is 8.36. The van der Waals surface area contributed by atoms with Crippen molar-refractivity contribution in [1.82, 2.24) is 0 Å². The predicted octanol–water partition coefficient (Wildman–Crippen LogP) is 1.91. The summed E-state index contributed by atoms with van der Waals surface area (Å²) in [5.74, 6) is -0.595. The van der Waals surface area contributed by atoms with Gasteiger partial charge >= 0.3 is 0 Å². The van der Waals surface area contributed by atoms with Gasteiger partial charge in [-0.25, -0.2) is 0 Å². The van der Waals surface area contributed by atoms with Crippen LogP contribution in [-0.4, -0.2) is 10.6 Å². The summed E-state index contributed by atoms with van der Waals surface area (Å²) in [7, 11) is 0. The number of carbonyl (C=O) groups is 1. The molecule has 0 radical (unpaired) electrons. The summed E-state index contributed by atoms with van der Waals surface area (Å²) < 4.78 is 0. The summed E-state index contributed by atoms with van der Waals surface area (Å²) in [6.45, 7) is 3.06. The van der Waals surface area contributed by atoms with Crippen molar-refractivity contribution in [2.45, 2.75) is 18.7 Å². The lowest BCUT2D eigenvalue weighted by Gasteiger charge is -2.19. The smallest absolute Gasteiger partial charge is 0.240 e. The molecule has 0 fully saturated rings. The fraction of sp³-hybridized carbons (Fsp3) is 0.667. The first kappa shape index (κ1) is 9.74. The van der Waals surface area contributed by atoms with Crippen molar-refractivity contribution < 1.29 is 4.79 Å². The Balaban J connectivity index is 4.44. The highest BCUT2D eigenvalue weighted by Crippen LogP contribution is 2.28. The van der Waals surface area contributed by atoms with Gasteiger partial charge in [-0.05, 0) is 13.8 Å². The summed E-state index contributed by atoms with van der Waals surface area (Å²) in [5, 5.41) is 8.20. The van der Waals surface area contributed by atoms with E-state index < -0.39 is 16.0 Å². The topological polar surface area (TPSA) is 40.9 Å². The van der Waals surface area contributed by atoms with Crippen LogP contribution in [0.2, 0.25) is 0 Å². The standard InChI is InChI=1S/C6H7Cl2NO/c1-6(2,5(7)8)4(10)3-9/h5H,1-2H3. The molecule has 0 aromatic heterocycles. The number of hydrogen-bond donors (Lipinski definition) is 0. The Kier molecular flexibility index (Phi) is 3.14. The van der Waals surface area contributed by atoms with E-state index in [1.807, 2.05) is 0 Å². The molecular weight excluding hydrogens is 173 g/mol. The number of nitrogens with zero attached hydrogens (tertiary/aromatic N) is 1. The third-order valence-corrected chi connectivity index (χ3v) is 2.32. The van der Waals surface area contributed by atoms with E-state index >= 15 is 0 Å². The van der Waals surface area contributed by atoms with E-state index in [2.05, 4.69) is 0 Å². The van der Waals surface area contributed by atoms with Crippen molar-refractivity contribution in [1.29, 1.82) is 5.26 Å². The molecule has 0 saturated heterocycles. The normalized spacial score (nSPS) is 11.2. The van der Waals surface area contributed by atoms with E-state index in [1.54, 1.807) is 0 Å². The third kappa shape index (κ3) is 1.86. The second-order valence-electron chi connectivity index (χ2n) is 2.46. The number of rotatable bonds is 2. The van der Waals surface area contributed by atoms with E-state index in [9.17, 15) is 4.79 Å². The number of hydrogen-bond acceptors (Lipinski definition) is 2. The molecule has 0 saturated carbocycles. The van der Waals surface area contributed by atoms with Crippen LogP contribution in [0.5, 0.6) is 0 Å². The summed E-state index contributed by atoms with van der Waals surface area (Å²) in [6.07, 6.45) is 0. The highest BCUT2D eigenvalue weighted by molar-refractivity contribution is 6.46. The summed E-state index contributed by atoms with van der Waals surface area (Å²) >= 11 is 10.9. The lowest BCUT2D eigenvalue weighted by molar-refractivity contribution is -0.120. The van der Waals surface area contributed by atoms with Crippen LogP contribution in [0.3, 0.4) is 0 Å². The number of ketones is 1. The van der Waals surface area contributed by atoms with Gasteiger partial charge < -0.3 is 0 Å². The Hall–Kier alpha value is -0.260. The maximum Gasteiger partial charge on any atom is 0.240 e. The van der Waals surface area contributed by atoms with Crippen molar-refractivity contribution in [3.8, 4) is 6.07 Å². The molecule has 0 atom stereocenters. The molecular formula is C6H7Cl2NO. The molecule has 0 aromatic rings. The number of nitriles is 1. The molecule has 0 amide bonds. The van der Waals surface area contributed by atoms with Crippen LogP contribution in [0, 0.1) is 16.7 Å². The maximum absolute atomic E-state index is 10.7. The van der Waals surface area contributed by atoms with Gasteiger partial charge in [-0.2, -0.15) is 5.26 Å². The minimum absolute atomic E-state index is 0.595. The van der Waals surface area contributed by atoms with Crippen LogP contribution in [0.4, 0.5) is 0 Å². The minimum Gasteiger partial charge on any atom is -0.282 e. The zero-order valence-corrected chi connectivity index (χ0v) is 7.20. The zero-order valence-electron chi connectivity index (χ0n) is 5.69. The lowest BCUT2D eigenvalue weighted by atomic mass is 9.91. The highest BCUT2D eigenvalue weighted by atomic mass is 35.5. The molecule has 0 N–H and O–H groups in total. The second-order valence-corrected chi connectivity index (χ2v) is 3.56. The van der Waals surface area contributed by atoms with Crippen LogP contribution in [0.25, 0.3) is 0 Å². The van der Waals surface area contributed by atoms with Gasteiger partial charge in [-0.1, -0.05) is 0 Å². The molecule has 10 heavy (non-hydrogen) atoms. The maximum atomic E-state index is 10.7. The SMILES string of the molecule is CC(C)(C(=O)C#N)C(Cl)Cl. The molecule has 56 valence electrons. The first-order valence-corrected chi connectivity index (χ1v) is 3.53. The van der Waals surface area contributed by atoms with Gasteiger partial charge in [-0.15, -0.1) is 23.2 Å². The van der Waals surface area contributed by atoms with Crippen molar-refractivity contribution in [2.24, 2.45) is 5.41 Å². The number of carbonyl (C=O) groups excluding carboxylic acids is 1. The van der Waals surface area contributed by atoms with E-state index in [-0.39, 0.29) is 0 Å². The molecule has 0 aliphatic carbocycles. The van der Waals surface area contributed by atoms with Gasteiger partial charge in [0.05, 0.1) is 5.41 Å². The van der Waals surface area contributed by atoms with Crippen molar-refractivity contribution in [3.05, 3.63) is 0 Å². The van der Waals surface area contributed by atoms with E-state index in [4.69, 9.17) is 28.5 Å². The summed E-state index contributed by atoms with van der Waals surface area (Å²) in [4.78, 5) is 9.91. The van der Waals surface area contributed by atoms with E-state index in [1.165, 1.54) is 19.9 Å². The molecule has 0 aromatic carbocycles. The molecule has 0 spiro atoms. The molecule has 0 unspecified atom stereocenters. The molecule has 0 rings (SSSR count). The second kappa shape index (κ2) is 3.23. The Labute approximate surface area is 69.7 Å². The Bertz CT molecular complexity index is 181. The lowest BCUT2D eigenvalue weighted by Crippen LogP contribution is -2.29. The number of halogens is 2. The fourth-order valence-electron chi connectivity index (χ4n) is 0.243. The van der Waals surface area contributed by atoms with Gasteiger partial charge in [0, 0.05) is 0 Å². The first-order chi connectivity index (χ1) is 4.42. The highest BCUT2D eigenvalue weighted by Gasteiger charge is 2.34. The quantitative estimate of drug-likeness (QED) is 0.481. The van der Waals surface area contributed by atoms with Crippen LogP contribution in [-0.2, 0) is 4.79 Å². The predicted molar refractivity (Wildman–Crippen MR) is 39.9 cm³/mol. The van der Waals surface area contributed by atoms with Gasteiger partial charge in [0.15, 0.2) is 0 Å². The van der Waals surface area contributed by atoms with Crippen LogP contribution >= 0.6 is 23.2 Å². The van der Waals surface area contributed by atoms with Gasteiger partial charge in [0.2, 0.25) is 5.78 Å². The molecule has 0 heterocycles. The van der Waals surface area contributed by atoms with Crippen molar-refractivity contribution >= 4 is 29.0 Å². The fourth-order valence-corrected chi connectivity index (χ4v) is 0.441. The Morgan fingerprint density at radius 3 is 2.10 bits per heavy atom. The summed E-state index contributed by atoms with van der Waals surface area (Å²) in [6, 6.07) is 1.48. The van der Waals surface area contributed by atoms with Crippen LogP contribution in [0.15, 0.2) is 0 Å². The first-order valence-electron chi connectivity index (χ1n) is 2.65. The molecule has 2 nitrogen and oxygen atoms in total. The van der Waals surface area contributed by atoms with Crippen LogP contribution in [0.1, 0.15) is 13.8 Å². The summed E-state index contributed by atoms with van der Waals surface area (Å²) in [5.41, 5.74) is -0.960. The molecule has 0 aliphatic heterocycles. The number of alkyl halides is 2. The Morgan fingerprint density at radius 1 is 1.60 bits per heavy atom. The van der Waals surface area contributed by atoms with Crippen molar-refractivity contribution in [3.63, 3.8) is 0 Å². The minimum atomic E-state index is -0.960. The van der Waals surface area contributed by atoms with E-state index in [0.29, 0.717) is 0 Å². The average Bonchev–Trinajstić information content (AvgIpc) is 1.86. The van der Waals surface area contributed by atoms with Gasteiger partial charge in [0.25, 0.3) is 0 Å². The molecule has 4 heteroatoms. The van der Waals surface area contributed by atoms with Crippen LogP contribution < -0.4 is 0 Å². The van der Waals surface area contributed by atoms with E-state index in [0.717, 1.165) is 0 Å². The van der Waals surface area contributed by atoms with Crippen molar-refractivity contribution in [2.75, 3.05) is 0 Å². The van der Waals surface area contributed by atoms with Gasteiger partial charge in [-0.3, -0.25) is 4.79 Å². The Morgan fingerprint density at radius 2 is 2.00 bits per heavy atom. The molecule has 0 bridgehead atoms. The van der Waals surface area contributed by atoms with Gasteiger partial charge in [0.1, 0.15) is 10.9 Å². The number of Topliss-reactive ketones (excluding diaryl/α,β-unsaturated/α-hetero) is 1. The third-order valence-electron chi connectivity index (χ3n) is 1.23.